The van der Waals surface area contributed by atoms with Crippen molar-refractivity contribution in [3.05, 3.63) is 39.2 Å². The Labute approximate surface area is 85.8 Å². The van der Waals surface area contributed by atoms with Crippen LogP contribution in [-0.4, -0.2) is 5.11 Å². The lowest BCUT2D eigenvalue weighted by Crippen LogP contribution is -2.26. The van der Waals surface area contributed by atoms with E-state index in [-0.39, 0.29) is 5.75 Å². The van der Waals surface area contributed by atoms with Crippen LogP contribution < -0.4 is 10.4 Å². The predicted molar refractivity (Wildman–Crippen MR) is 60.0 cm³/mol. The molecule has 1 aromatic rings. The Morgan fingerprint density at radius 3 is 2.69 bits per heavy atom. The highest BCUT2D eigenvalue weighted by molar-refractivity contribution is 9.10. The maximum absolute atomic E-state index is 9.50. The lowest BCUT2D eigenvalue weighted by atomic mass is 10.1. The Morgan fingerprint density at radius 1 is 1.54 bits per heavy atom. The fraction of sp³-hybridized carbons (Fsp3) is 0.0909. The van der Waals surface area contributed by atoms with Gasteiger partial charge < -0.3 is 5.11 Å². The standard InChI is InChI=1S/C11H11BrO/c1-4-5-9-8(3)7(2)6-10(13)11(9)12/h4-6,13H,1,3H2,2H3/b9-5+. The Morgan fingerprint density at radius 2 is 2.15 bits per heavy atom. The summed E-state index contributed by atoms with van der Waals surface area (Å²) in [4.78, 5) is 0. The van der Waals surface area contributed by atoms with Crippen molar-refractivity contribution in [2.45, 2.75) is 6.92 Å². The molecule has 0 fully saturated rings. The number of phenolic OH excluding ortho intramolecular Hbond substituents is 1. The van der Waals surface area contributed by atoms with Crippen molar-refractivity contribution in [1.82, 2.24) is 0 Å². The molecule has 1 aromatic carbocycles. The van der Waals surface area contributed by atoms with E-state index in [4.69, 9.17) is 0 Å². The number of allylic oxidation sites excluding steroid dienone is 1. The third kappa shape index (κ3) is 1.83. The number of phenols is 1. The molecule has 0 spiro atoms. The normalized spacial score (nSPS) is 11.7. The van der Waals surface area contributed by atoms with Gasteiger partial charge in [0.05, 0.1) is 4.47 Å². The SMILES string of the molecule is C=C/C=c1/c(Br)c(O)cc(C)c1=C. The molecule has 0 aliphatic carbocycles. The number of halogens is 1. The van der Waals surface area contributed by atoms with Gasteiger partial charge in [0.15, 0.2) is 0 Å². The van der Waals surface area contributed by atoms with Gasteiger partial charge in [-0.25, -0.2) is 0 Å². The number of aromatic hydroxyl groups is 1. The van der Waals surface area contributed by atoms with Gasteiger partial charge in [0.2, 0.25) is 0 Å². The molecule has 0 unspecified atom stereocenters. The van der Waals surface area contributed by atoms with Crippen molar-refractivity contribution < 1.29 is 5.11 Å². The highest BCUT2D eigenvalue weighted by Gasteiger charge is 2.01. The largest absolute Gasteiger partial charge is 0.507 e. The molecule has 0 saturated carbocycles. The quantitative estimate of drug-likeness (QED) is 0.792. The van der Waals surface area contributed by atoms with E-state index in [2.05, 4.69) is 29.1 Å². The van der Waals surface area contributed by atoms with Crippen LogP contribution in [0.15, 0.2) is 23.2 Å². The van der Waals surface area contributed by atoms with E-state index in [1.165, 1.54) is 0 Å². The highest BCUT2D eigenvalue weighted by Crippen LogP contribution is 2.17. The molecule has 0 bridgehead atoms. The second kappa shape index (κ2) is 3.79. The van der Waals surface area contributed by atoms with Crippen LogP contribution in [-0.2, 0) is 0 Å². The van der Waals surface area contributed by atoms with Crippen molar-refractivity contribution in [2.75, 3.05) is 0 Å². The molecule has 0 saturated heterocycles. The first-order chi connectivity index (χ1) is 6.07. The molecule has 13 heavy (non-hydrogen) atoms. The average Bonchev–Trinajstić information content (AvgIpc) is 2.09. The monoisotopic (exact) mass is 238 g/mol. The van der Waals surface area contributed by atoms with Gasteiger partial charge in [-0.2, -0.15) is 0 Å². The number of hydrogen-bond acceptors (Lipinski definition) is 1. The zero-order valence-electron chi connectivity index (χ0n) is 7.47. The summed E-state index contributed by atoms with van der Waals surface area (Å²) in [6, 6.07) is 1.69. The molecule has 1 nitrogen and oxygen atoms in total. The van der Waals surface area contributed by atoms with Crippen LogP contribution in [0.1, 0.15) is 5.56 Å². The van der Waals surface area contributed by atoms with Crippen molar-refractivity contribution in [2.24, 2.45) is 0 Å². The lowest BCUT2D eigenvalue weighted by Gasteiger charge is -2.01. The second-order valence-electron chi connectivity index (χ2n) is 2.82. The molecule has 1 rings (SSSR count). The molecule has 1 N–H and O–H groups in total. The molecule has 2 heteroatoms. The van der Waals surface area contributed by atoms with Crippen LogP contribution in [0.4, 0.5) is 0 Å². The number of aryl methyl sites for hydroxylation is 1. The summed E-state index contributed by atoms with van der Waals surface area (Å²) in [5.41, 5.74) is 0.966. The molecule has 0 atom stereocenters. The van der Waals surface area contributed by atoms with Gasteiger partial charge in [-0.15, -0.1) is 0 Å². The molecule has 0 aromatic heterocycles. The van der Waals surface area contributed by atoms with Gasteiger partial charge in [-0.1, -0.05) is 25.3 Å². The fourth-order valence-corrected chi connectivity index (χ4v) is 1.62. The van der Waals surface area contributed by atoms with Crippen molar-refractivity contribution >= 4 is 28.6 Å². The molecule has 0 radical (unpaired) electrons. The summed E-state index contributed by atoms with van der Waals surface area (Å²) in [6.07, 6.45) is 3.49. The zero-order chi connectivity index (χ0) is 10.0. The minimum Gasteiger partial charge on any atom is -0.507 e. The second-order valence-corrected chi connectivity index (χ2v) is 3.61. The summed E-state index contributed by atoms with van der Waals surface area (Å²) in [7, 11) is 0. The van der Waals surface area contributed by atoms with Crippen LogP contribution >= 0.6 is 15.9 Å². The summed E-state index contributed by atoms with van der Waals surface area (Å²) in [6.45, 7) is 9.44. The highest BCUT2D eigenvalue weighted by atomic mass is 79.9. The van der Waals surface area contributed by atoms with E-state index in [0.717, 1.165) is 16.0 Å². The molecular weight excluding hydrogens is 228 g/mol. The molecule has 0 heterocycles. The number of hydrogen-bond donors (Lipinski definition) is 1. The third-order valence-electron chi connectivity index (χ3n) is 1.90. The van der Waals surface area contributed by atoms with E-state index in [1.54, 1.807) is 12.1 Å². The first kappa shape index (κ1) is 10.1. The fourth-order valence-electron chi connectivity index (χ4n) is 1.13. The van der Waals surface area contributed by atoms with Gasteiger partial charge >= 0.3 is 0 Å². The first-order valence-corrected chi connectivity index (χ1v) is 4.67. The minimum absolute atomic E-state index is 0.234. The van der Waals surface area contributed by atoms with Gasteiger partial charge in [-0.3, -0.25) is 0 Å². The van der Waals surface area contributed by atoms with Crippen molar-refractivity contribution in [1.29, 1.82) is 0 Å². The van der Waals surface area contributed by atoms with Gasteiger partial charge in [0.25, 0.3) is 0 Å². The van der Waals surface area contributed by atoms with Crippen LogP contribution in [0.2, 0.25) is 0 Å². The maximum Gasteiger partial charge on any atom is 0.130 e. The van der Waals surface area contributed by atoms with E-state index in [1.807, 2.05) is 13.0 Å². The summed E-state index contributed by atoms with van der Waals surface area (Å²) < 4.78 is 0.669. The van der Waals surface area contributed by atoms with Crippen LogP contribution in [0.5, 0.6) is 5.75 Å². The van der Waals surface area contributed by atoms with E-state index < -0.39 is 0 Å². The van der Waals surface area contributed by atoms with Crippen molar-refractivity contribution in [3.8, 4) is 5.75 Å². The molecule has 68 valence electrons. The van der Waals surface area contributed by atoms with Gasteiger partial charge in [-0.05, 0) is 44.9 Å². The Kier molecular flexibility index (Phi) is 2.94. The third-order valence-corrected chi connectivity index (χ3v) is 2.73. The molecule has 0 aliphatic rings. The summed E-state index contributed by atoms with van der Waals surface area (Å²) in [5.74, 6) is 0.234. The Balaban J connectivity index is 3.77. The molecular formula is C11H11BrO. The molecule has 0 amide bonds. The average molecular weight is 239 g/mol. The van der Waals surface area contributed by atoms with Gasteiger partial charge in [0.1, 0.15) is 5.75 Å². The van der Waals surface area contributed by atoms with Crippen LogP contribution in [0, 0.1) is 6.92 Å². The molecule has 0 aliphatic heterocycles. The Bertz CT molecular complexity index is 446. The Hall–Kier alpha value is -1.02. The number of rotatable bonds is 1. The minimum atomic E-state index is 0.234. The topological polar surface area (TPSA) is 20.2 Å². The predicted octanol–water partition coefficient (Wildman–Crippen LogP) is 1.84. The smallest absolute Gasteiger partial charge is 0.130 e. The van der Waals surface area contributed by atoms with E-state index in [0.29, 0.717) is 4.47 Å². The lowest BCUT2D eigenvalue weighted by molar-refractivity contribution is 0.470. The van der Waals surface area contributed by atoms with Crippen molar-refractivity contribution in [3.63, 3.8) is 0 Å². The zero-order valence-corrected chi connectivity index (χ0v) is 9.06. The first-order valence-electron chi connectivity index (χ1n) is 3.87. The van der Waals surface area contributed by atoms with Gasteiger partial charge in [0, 0.05) is 0 Å². The summed E-state index contributed by atoms with van der Waals surface area (Å²) in [5, 5.41) is 11.3. The van der Waals surface area contributed by atoms with Crippen LogP contribution in [0.25, 0.3) is 12.7 Å². The number of benzene rings is 1. The van der Waals surface area contributed by atoms with E-state index >= 15 is 0 Å². The van der Waals surface area contributed by atoms with Crippen LogP contribution in [0.3, 0.4) is 0 Å². The maximum atomic E-state index is 9.50. The van der Waals surface area contributed by atoms with E-state index in [9.17, 15) is 5.11 Å². The summed E-state index contributed by atoms with van der Waals surface area (Å²) >= 11 is 3.30.